The van der Waals surface area contributed by atoms with Crippen LogP contribution in [0.3, 0.4) is 0 Å². The van der Waals surface area contributed by atoms with E-state index in [0.717, 1.165) is 40.1 Å². The highest BCUT2D eigenvalue weighted by molar-refractivity contribution is 9.10. The summed E-state index contributed by atoms with van der Waals surface area (Å²) in [5.41, 5.74) is 2.05. The third kappa shape index (κ3) is 4.50. The fraction of sp³-hybridized carbons (Fsp3) is 0.500. The van der Waals surface area contributed by atoms with Crippen molar-refractivity contribution in [3.63, 3.8) is 0 Å². The van der Waals surface area contributed by atoms with Gasteiger partial charge in [-0.05, 0) is 80.5 Å². The van der Waals surface area contributed by atoms with Gasteiger partial charge in [-0.2, -0.15) is 0 Å². The summed E-state index contributed by atoms with van der Waals surface area (Å²) in [4.78, 5) is 0. The average molecular weight is 481 g/mol. The van der Waals surface area contributed by atoms with E-state index in [1.54, 1.807) is 12.1 Å². The highest BCUT2D eigenvalue weighted by Crippen LogP contribution is 2.55. The van der Waals surface area contributed by atoms with Crippen LogP contribution in [-0.4, -0.2) is 5.54 Å². The van der Waals surface area contributed by atoms with Gasteiger partial charge < -0.3 is 10.1 Å². The molecule has 4 bridgehead atoms. The molecule has 0 spiro atoms. The van der Waals surface area contributed by atoms with Crippen molar-refractivity contribution < 1.29 is 9.13 Å². The monoisotopic (exact) mass is 479 g/mol. The van der Waals surface area contributed by atoms with Crippen LogP contribution in [0.5, 0.6) is 5.75 Å². The normalized spacial score (nSPS) is 29.5. The fourth-order valence-electron chi connectivity index (χ4n) is 6.21. The summed E-state index contributed by atoms with van der Waals surface area (Å²) in [5.74, 6) is 3.41. The van der Waals surface area contributed by atoms with Gasteiger partial charge in [0.2, 0.25) is 0 Å². The van der Waals surface area contributed by atoms with E-state index in [0.29, 0.717) is 11.1 Å². The number of benzene rings is 2. The fourth-order valence-corrected chi connectivity index (χ4v) is 6.62. The Kier molecular flexibility index (Phi) is 6.24. The first kappa shape index (κ1) is 21.1. The smallest absolute Gasteiger partial charge is 0.129 e. The molecule has 4 aliphatic rings. The Bertz CT molecular complexity index is 838. The molecule has 4 saturated carbocycles. The molecule has 0 saturated heterocycles. The molecule has 0 aliphatic heterocycles. The standard InChI is InChI=1S/C24H27BrFNO.ClH/c25-21-5-6-23(28-15-19-3-1-2-4-22(19)26)20(10-21)14-27-24-11-16-7-17(12-24)9-18(8-16)13-24;/h1-6,10,16-18,27H,7-9,11-15H2;1H. The van der Waals surface area contributed by atoms with Crippen molar-refractivity contribution in [2.24, 2.45) is 17.8 Å². The number of ether oxygens (including phenoxy) is 1. The Morgan fingerprint density at radius 1 is 0.966 bits per heavy atom. The molecule has 0 unspecified atom stereocenters. The van der Waals surface area contributed by atoms with Crippen LogP contribution in [0.4, 0.5) is 4.39 Å². The van der Waals surface area contributed by atoms with Gasteiger partial charge in [0.1, 0.15) is 18.2 Å². The Morgan fingerprint density at radius 3 is 2.28 bits per heavy atom. The molecule has 5 heteroatoms. The third-order valence-corrected chi connectivity index (χ3v) is 7.55. The molecular formula is C24H28BrClFNO. The summed E-state index contributed by atoms with van der Waals surface area (Å²) in [7, 11) is 0. The van der Waals surface area contributed by atoms with Crippen molar-refractivity contribution >= 4 is 28.3 Å². The molecule has 0 radical (unpaired) electrons. The van der Waals surface area contributed by atoms with Crippen LogP contribution in [0.1, 0.15) is 49.7 Å². The molecule has 156 valence electrons. The highest BCUT2D eigenvalue weighted by Gasteiger charge is 2.50. The maximum Gasteiger partial charge on any atom is 0.129 e. The van der Waals surface area contributed by atoms with Crippen molar-refractivity contribution in [1.29, 1.82) is 0 Å². The number of nitrogens with one attached hydrogen (secondary N) is 1. The van der Waals surface area contributed by atoms with E-state index in [2.05, 4.69) is 27.3 Å². The highest BCUT2D eigenvalue weighted by atomic mass is 79.9. The molecule has 0 aromatic heterocycles. The van der Waals surface area contributed by atoms with Crippen LogP contribution in [0.15, 0.2) is 46.9 Å². The van der Waals surface area contributed by atoms with E-state index < -0.39 is 0 Å². The summed E-state index contributed by atoms with van der Waals surface area (Å²) in [6.45, 7) is 1.05. The second-order valence-corrected chi connectivity index (χ2v) is 10.1. The number of halogens is 3. The van der Waals surface area contributed by atoms with Crippen molar-refractivity contribution in [2.45, 2.75) is 57.2 Å². The summed E-state index contributed by atoms with van der Waals surface area (Å²) in [6.07, 6.45) is 8.35. The zero-order chi connectivity index (χ0) is 19.1. The molecule has 0 amide bonds. The van der Waals surface area contributed by atoms with Crippen molar-refractivity contribution in [3.05, 3.63) is 63.9 Å². The van der Waals surface area contributed by atoms with E-state index in [-0.39, 0.29) is 24.8 Å². The van der Waals surface area contributed by atoms with E-state index >= 15 is 0 Å². The van der Waals surface area contributed by atoms with Gasteiger partial charge in [-0.1, -0.05) is 34.1 Å². The minimum absolute atomic E-state index is 0. The topological polar surface area (TPSA) is 21.3 Å². The van der Waals surface area contributed by atoms with E-state index in [1.165, 1.54) is 44.6 Å². The van der Waals surface area contributed by atoms with Gasteiger partial charge in [0, 0.05) is 27.7 Å². The van der Waals surface area contributed by atoms with E-state index in [4.69, 9.17) is 4.74 Å². The predicted molar refractivity (Wildman–Crippen MR) is 120 cm³/mol. The minimum atomic E-state index is -0.215. The molecular weight excluding hydrogens is 453 g/mol. The zero-order valence-corrected chi connectivity index (χ0v) is 18.9. The number of hydrogen-bond donors (Lipinski definition) is 1. The van der Waals surface area contributed by atoms with Crippen LogP contribution in [0.2, 0.25) is 0 Å². The summed E-state index contributed by atoms with van der Waals surface area (Å²) < 4.78 is 21.0. The largest absolute Gasteiger partial charge is 0.488 e. The molecule has 29 heavy (non-hydrogen) atoms. The maximum absolute atomic E-state index is 13.9. The lowest BCUT2D eigenvalue weighted by atomic mass is 9.53. The van der Waals surface area contributed by atoms with E-state index in [9.17, 15) is 4.39 Å². The lowest BCUT2D eigenvalue weighted by Gasteiger charge is -2.57. The molecule has 4 aliphatic carbocycles. The molecule has 0 atom stereocenters. The lowest BCUT2D eigenvalue weighted by molar-refractivity contribution is -0.0206. The maximum atomic E-state index is 13.9. The van der Waals surface area contributed by atoms with Crippen molar-refractivity contribution in [1.82, 2.24) is 5.32 Å². The van der Waals surface area contributed by atoms with Crippen LogP contribution in [0, 0.1) is 23.6 Å². The molecule has 2 aromatic carbocycles. The van der Waals surface area contributed by atoms with Crippen molar-refractivity contribution in [3.8, 4) is 5.75 Å². The first-order chi connectivity index (χ1) is 13.6. The van der Waals surface area contributed by atoms with E-state index in [1.807, 2.05) is 18.2 Å². The van der Waals surface area contributed by atoms with Gasteiger partial charge in [0.15, 0.2) is 0 Å². The van der Waals surface area contributed by atoms with Gasteiger partial charge in [-0.25, -0.2) is 4.39 Å². The number of hydrogen-bond acceptors (Lipinski definition) is 2. The SMILES string of the molecule is Cl.Fc1ccccc1COc1ccc(Br)cc1CNC12CC3CC(CC(C3)C1)C2. The van der Waals surface area contributed by atoms with Crippen LogP contribution < -0.4 is 10.1 Å². The average Bonchev–Trinajstić information content (AvgIpc) is 2.66. The molecule has 0 heterocycles. The van der Waals surface area contributed by atoms with Gasteiger partial charge >= 0.3 is 0 Å². The zero-order valence-electron chi connectivity index (χ0n) is 16.5. The van der Waals surface area contributed by atoms with Gasteiger partial charge in [-0.15, -0.1) is 12.4 Å². The van der Waals surface area contributed by atoms with Gasteiger partial charge in [0.05, 0.1) is 0 Å². The molecule has 4 fully saturated rings. The van der Waals surface area contributed by atoms with Crippen LogP contribution in [0.25, 0.3) is 0 Å². The second-order valence-electron chi connectivity index (χ2n) is 9.18. The van der Waals surface area contributed by atoms with Crippen LogP contribution >= 0.6 is 28.3 Å². The van der Waals surface area contributed by atoms with Gasteiger partial charge in [0.25, 0.3) is 0 Å². The quantitative estimate of drug-likeness (QED) is 0.500. The Labute approximate surface area is 187 Å². The Balaban J connectivity index is 0.00000205. The Morgan fingerprint density at radius 2 is 1.62 bits per heavy atom. The second kappa shape index (κ2) is 8.56. The first-order valence-electron chi connectivity index (χ1n) is 10.5. The number of rotatable bonds is 6. The van der Waals surface area contributed by atoms with Crippen molar-refractivity contribution in [2.75, 3.05) is 0 Å². The molecule has 6 rings (SSSR count). The molecule has 2 aromatic rings. The third-order valence-electron chi connectivity index (χ3n) is 7.06. The summed E-state index contributed by atoms with van der Waals surface area (Å²) >= 11 is 3.59. The molecule has 1 N–H and O–H groups in total. The minimum Gasteiger partial charge on any atom is -0.488 e. The predicted octanol–water partition coefficient (Wildman–Crippen LogP) is 6.65. The first-order valence-corrected chi connectivity index (χ1v) is 11.3. The molecule has 2 nitrogen and oxygen atoms in total. The van der Waals surface area contributed by atoms with Crippen LogP contribution in [-0.2, 0) is 13.2 Å². The summed E-state index contributed by atoms with van der Waals surface area (Å²) in [6, 6.07) is 12.9. The van der Waals surface area contributed by atoms with Gasteiger partial charge in [-0.3, -0.25) is 0 Å². The lowest BCUT2D eigenvalue weighted by Crippen LogP contribution is -2.58. The Hall–Kier alpha value is -1.10. The summed E-state index contributed by atoms with van der Waals surface area (Å²) in [5, 5.41) is 3.95.